The van der Waals surface area contributed by atoms with Gasteiger partial charge in [-0.25, -0.2) is 4.98 Å². The number of fused-ring (bicyclic) bond motifs is 1. The van der Waals surface area contributed by atoms with Crippen molar-refractivity contribution in [1.82, 2.24) is 4.98 Å². The van der Waals surface area contributed by atoms with E-state index in [1.165, 1.54) is 6.08 Å². The summed E-state index contributed by atoms with van der Waals surface area (Å²) in [6.07, 6.45) is 3.17. The second-order valence-corrected chi connectivity index (χ2v) is 3.54. The standard InChI is InChI=1S/C10H6N2S/c11-7-3-6-10-12-8-4-1-2-5-9(8)13-10/h1-6H/b6-3+. The van der Waals surface area contributed by atoms with Crippen LogP contribution in [0.5, 0.6) is 0 Å². The summed E-state index contributed by atoms with van der Waals surface area (Å²) in [6, 6.07) is 9.88. The lowest BCUT2D eigenvalue weighted by Gasteiger charge is -1.80. The number of nitrogens with zero attached hydrogens (tertiary/aromatic N) is 2. The van der Waals surface area contributed by atoms with Crippen molar-refractivity contribution in [3.05, 3.63) is 35.3 Å². The molecule has 1 aromatic carbocycles. The highest BCUT2D eigenvalue weighted by atomic mass is 32.1. The number of allylic oxidation sites excluding steroid dienone is 1. The summed E-state index contributed by atoms with van der Waals surface area (Å²) in [7, 11) is 0. The molecule has 0 fully saturated rings. The van der Waals surface area contributed by atoms with E-state index in [1.807, 2.05) is 30.3 Å². The van der Waals surface area contributed by atoms with E-state index in [2.05, 4.69) is 4.98 Å². The van der Waals surface area contributed by atoms with Gasteiger partial charge >= 0.3 is 0 Å². The van der Waals surface area contributed by atoms with Crippen molar-refractivity contribution in [2.24, 2.45) is 0 Å². The molecule has 1 heterocycles. The molecular formula is C10H6N2S. The second kappa shape index (κ2) is 3.38. The van der Waals surface area contributed by atoms with Gasteiger partial charge in [0.15, 0.2) is 0 Å². The number of hydrogen-bond donors (Lipinski definition) is 0. The van der Waals surface area contributed by atoms with E-state index in [0.717, 1.165) is 15.2 Å². The van der Waals surface area contributed by atoms with Gasteiger partial charge in [0.2, 0.25) is 0 Å². The third-order valence-corrected chi connectivity index (χ3v) is 2.61. The Morgan fingerprint density at radius 1 is 1.38 bits per heavy atom. The first-order chi connectivity index (χ1) is 6.40. The number of hydrogen-bond acceptors (Lipinski definition) is 3. The minimum absolute atomic E-state index is 0.878. The van der Waals surface area contributed by atoms with Crippen molar-refractivity contribution in [3.8, 4) is 6.07 Å². The molecule has 0 saturated heterocycles. The number of rotatable bonds is 1. The zero-order chi connectivity index (χ0) is 9.10. The number of thiazole rings is 1. The molecule has 0 amide bonds. The molecule has 13 heavy (non-hydrogen) atoms. The lowest BCUT2D eigenvalue weighted by Crippen LogP contribution is -1.66. The average Bonchev–Trinajstić information content (AvgIpc) is 2.57. The van der Waals surface area contributed by atoms with Crippen LogP contribution in [-0.4, -0.2) is 4.98 Å². The Morgan fingerprint density at radius 2 is 2.23 bits per heavy atom. The van der Waals surface area contributed by atoms with Gasteiger partial charge in [0.25, 0.3) is 0 Å². The van der Waals surface area contributed by atoms with Crippen LogP contribution in [0.15, 0.2) is 30.3 Å². The fraction of sp³-hybridized carbons (Fsp3) is 0. The molecule has 0 spiro atoms. The molecule has 0 saturated carbocycles. The van der Waals surface area contributed by atoms with E-state index in [1.54, 1.807) is 17.4 Å². The lowest BCUT2D eigenvalue weighted by atomic mass is 10.3. The van der Waals surface area contributed by atoms with Crippen molar-refractivity contribution in [2.45, 2.75) is 0 Å². The number of aromatic nitrogens is 1. The number of nitriles is 1. The maximum Gasteiger partial charge on any atom is 0.118 e. The number of para-hydroxylation sites is 1. The first kappa shape index (κ1) is 7.96. The highest BCUT2D eigenvalue weighted by Crippen LogP contribution is 2.22. The molecule has 3 heteroatoms. The van der Waals surface area contributed by atoms with Crippen molar-refractivity contribution in [3.63, 3.8) is 0 Å². The third kappa shape index (κ3) is 1.58. The van der Waals surface area contributed by atoms with E-state index in [9.17, 15) is 0 Å². The molecule has 2 aromatic rings. The number of benzene rings is 1. The predicted molar refractivity (Wildman–Crippen MR) is 54.3 cm³/mol. The van der Waals surface area contributed by atoms with Crippen LogP contribution in [0.3, 0.4) is 0 Å². The molecule has 0 bridgehead atoms. The largest absolute Gasteiger partial charge is 0.237 e. The lowest BCUT2D eigenvalue weighted by molar-refractivity contribution is 1.46. The average molecular weight is 186 g/mol. The van der Waals surface area contributed by atoms with Crippen LogP contribution in [0, 0.1) is 11.3 Å². The quantitative estimate of drug-likeness (QED) is 0.642. The molecule has 1 aromatic heterocycles. The van der Waals surface area contributed by atoms with Gasteiger partial charge in [-0.3, -0.25) is 0 Å². The molecule has 0 aliphatic heterocycles. The summed E-state index contributed by atoms with van der Waals surface area (Å²) in [5.74, 6) is 0. The zero-order valence-electron chi connectivity index (χ0n) is 6.77. The maximum absolute atomic E-state index is 8.34. The fourth-order valence-corrected chi connectivity index (χ4v) is 1.94. The molecule has 0 atom stereocenters. The highest BCUT2D eigenvalue weighted by Gasteiger charge is 1.98. The Morgan fingerprint density at radius 3 is 3.00 bits per heavy atom. The SMILES string of the molecule is N#C/C=C/c1nc2ccccc2s1. The molecule has 2 rings (SSSR count). The topological polar surface area (TPSA) is 36.7 Å². The van der Waals surface area contributed by atoms with E-state index in [0.29, 0.717) is 0 Å². The van der Waals surface area contributed by atoms with E-state index in [-0.39, 0.29) is 0 Å². The molecule has 0 aliphatic carbocycles. The Bertz CT molecular complexity index is 458. The fourth-order valence-electron chi connectivity index (χ4n) is 1.07. The second-order valence-electron chi connectivity index (χ2n) is 2.48. The highest BCUT2D eigenvalue weighted by molar-refractivity contribution is 7.19. The van der Waals surface area contributed by atoms with Gasteiger partial charge in [0.1, 0.15) is 5.01 Å². The molecule has 0 N–H and O–H groups in total. The maximum atomic E-state index is 8.34. The van der Waals surface area contributed by atoms with Crippen LogP contribution >= 0.6 is 11.3 Å². The van der Waals surface area contributed by atoms with Gasteiger partial charge in [0.05, 0.1) is 16.3 Å². The Balaban J connectivity index is 2.51. The first-order valence-electron chi connectivity index (χ1n) is 3.82. The molecule has 0 radical (unpaired) electrons. The minimum atomic E-state index is 0.878. The van der Waals surface area contributed by atoms with Crippen molar-refractivity contribution >= 4 is 27.6 Å². The minimum Gasteiger partial charge on any atom is -0.237 e. The van der Waals surface area contributed by atoms with Crippen LogP contribution in [0.2, 0.25) is 0 Å². The Labute approximate surface area is 79.8 Å². The van der Waals surface area contributed by atoms with Crippen LogP contribution in [0.25, 0.3) is 16.3 Å². The van der Waals surface area contributed by atoms with Crippen molar-refractivity contribution in [1.29, 1.82) is 5.26 Å². The van der Waals surface area contributed by atoms with Crippen LogP contribution in [0.1, 0.15) is 5.01 Å². The molecule has 62 valence electrons. The zero-order valence-corrected chi connectivity index (χ0v) is 7.58. The Hall–Kier alpha value is -1.66. The molecule has 2 nitrogen and oxygen atoms in total. The Kier molecular flexibility index (Phi) is 2.07. The normalized spacial score (nSPS) is 10.7. The summed E-state index contributed by atoms with van der Waals surface area (Å²) in [5, 5.41) is 9.22. The van der Waals surface area contributed by atoms with Crippen molar-refractivity contribution < 1.29 is 0 Å². The van der Waals surface area contributed by atoms with Gasteiger partial charge < -0.3 is 0 Å². The van der Waals surface area contributed by atoms with Crippen molar-refractivity contribution in [2.75, 3.05) is 0 Å². The first-order valence-corrected chi connectivity index (χ1v) is 4.63. The van der Waals surface area contributed by atoms with Crippen LogP contribution < -0.4 is 0 Å². The summed E-state index contributed by atoms with van der Waals surface area (Å²) >= 11 is 1.59. The summed E-state index contributed by atoms with van der Waals surface area (Å²) in [5.41, 5.74) is 0.991. The van der Waals surface area contributed by atoms with E-state index in [4.69, 9.17) is 5.26 Å². The third-order valence-electron chi connectivity index (χ3n) is 1.61. The molecule has 0 aliphatic rings. The van der Waals surface area contributed by atoms with Gasteiger partial charge in [-0.2, -0.15) is 5.26 Å². The summed E-state index contributed by atoms with van der Waals surface area (Å²) in [6.45, 7) is 0. The van der Waals surface area contributed by atoms with Crippen LogP contribution in [-0.2, 0) is 0 Å². The smallest absolute Gasteiger partial charge is 0.118 e. The van der Waals surface area contributed by atoms with E-state index >= 15 is 0 Å². The van der Waals surface area contributed by atoms with Gasteiger partial charge in [-0.15, -0.1) is 11.3 Å². The van der Waals surface area contributed by atoms with Gasteiger partial charge in [-0.1, -0.05) is 12.1 Å². The monoisotopic (exact) mass is 186 g/mol. The van der Waals surface area contributed by atoms with E-state index < -0.39 is 0 Å². The predicted octanol–water partition coefficient (Wildman–Crippen LogP) is 2.83. The van der Waals surface area contributed by atoms with Gasteiger partial charge in [0, 0.05) is 6.08 Å². The van der Waals surface area contributed by atoms with Gasteiger partial charge in [-0.05, 0) is 18.2 Å². The molecular weight excluding hydrogens is 180 g/mol. The van der Waals surface area contributed by atoms with Crippen LogP contribution in [0.4, 0.5) is 0 Å². The summed E-state index contributed by atoms with van der Waals surface area (Å²) in [4.78, 5) is 4.33. The molecule has 0 unspecified atom stereocenters. The summed E-state index contributed by atoms with van der Waals surface area (Å²) < 4.78 is 1.15.